The van der Waals surface area contributed by atoms with Crippen molar-refractivity contribution in [2.45, 2.75) is 52.0 Å². The van der Waals surface area contributed by atoms with Gasteiger partial charge in [0.2, 0.25) is 0 Å². The third-order valence-electron chi connectivity index (χ3n) is 5.84. The fraction of sp³-hybridized carbons (Fsp3) is 0.500. The van der Waals surface area contributed by atoms with Crippen molar-refractivity contribution in [3.8, 4) is 0 Å². The van der Waals surface area contributed by atoms with Crippen LogP contribution in [0.2, 0.25) is 0 Å². The summed E-state index contributed by atoms with van der Waals surface area (Å²) in [6, 6.07) is 7.70. The molecule has 140 valence electrons. The molecule has 2 aliphatic rings. The predicted octanol–water partition coefficient (Wildman–Crippen LogP) is 5.46. The second-order valence-electron chi connectivity index (χ2n) is 8.27. The third kappa shape index (κ3) is 4.12. The Morgan fingerprint density at radius 1 is 1.27 bits per heavy atom. The Labute approximate surface area is 159 Å². The first kappa shape index (κ1) is 19.0. The number of benzene rings is 1. The van der Waals surface area contributed by atoms with Gasteiger partial charge in [0.25, 0.3) is 0 Å². The van der Waals surface area contributed by atoms with Gasteiger partial charge in [-0.2, -0.15) is 0 Å². The lowest BCUT2D eigenvalue weighted by Gasteiger charge is -2.30. The van der Waals surface area contributed by atoms with Crippen LogP contribution in [0.5, 0.6) is 0 Å². The molecule has 2 atom stereocenters. The largest absolute Gasteiger partial charge is 0.367 e. The molecule has 0 radical (unpaired) electrons. The lowest BCUT2D eigenvalue weighted by atomic mass is 9.92. The molecule has 2 aliphatic heterocycles. The number of allylic oxidation sites excluding steroid dienone is 4. The maximum absolute atomic E-state index is 4.02. The lowest BCUT2D eigenvalue weighted by Crippen LogP contribution is -2.36. The van der Waals surface area contributed by atoms with Crippen LogP contribution < -0.4 is 4.90 Å². The average Bonchev–Trinajstić information content (AvgIpc) is 2.75. The molecule has 0 spiro atoms. The Morgan fingerprint density at radius 2 is 2.08 bits per heavy atom. The zero-order valence-electron chi connectivity index (χ0n) is 17.0. The Kier molecular flexibility index (Phi) is 6.03. The van der Waals surface area contributed by atoms with Crippen LogP contribution in [0.4, 0.5) is 5.69 Å². The number of fused-ring (bicyclic) bond motifs is 3. The number of nitrogens with zero attached hydrogens (tertiary/aromatic N) is 2. The second-order valence-corrected chi connectivity index (χ2v) is 8.27. The Morgan fingerprint density at radius 3 is 2.81 bits per heavy atom. The second kappa shape index (κ2) is 8.26. The summed E-state index contributed by atoms with van der Waals surface area (Å²) < 4.78 is 0. The van der Waals surface area contributed by atoms with Crippen molar-refractivity contribution in [1.29, 1.82) is 0 Å². The van der Waals surface area contributed by atoms with Crippen LogP contribution in [-0.4, -0.2) is 37.6 Å². The summed E-state index contributed by atoms with van der Waals surface area (Å²) in [6.07, 6.45) is 10.1. The number of likely N-dealkylation sites (tertiary alicyclic amines) is 1. The van der Waals surface area contributed by atoms with Gasteiger partial charge in [0.05, 0.1) is 0 Å². The zero-order chi connectivity index (χ0) is 18.7. The molecule has 0 saturated carbocycles. The van der Waals surface area contributed by atoms with Gasteiger partial charge in [0, 0.05) is 30.7 Å². The van der Waals surface area contributed by atoms with Gasteiger partial charge in [-0.05, 0) is 70.8 Å². The minimum absolute atomic E-state index is 0.645. The molecule has 0 aliphatic carbocycles. The van der Waals surface area contributed by atoms with Gasteiger partial charge in [0.1, 0.15) is 0 Å². The van der Waals surface area contributed by atoms with Gasteiger partial charge >= 0.3 is 0 Å². The van der Waals surface area contributed by atoms with Crippen LogP contribution >= 0.6 is 0 Å². The molecular formula is C24H34N2. The molecule has 1 unspecified atom stereocenters. The molecule has 0 amide bonds. The van der Waals surface area contributed by atoms with Gasteiger partial charge in [-0.25, -0.2) is 0 Å². The minimum Gasteiger partial charge on any atom is -0.367 e. The van der Waals surface area contributed by atoms with Gasteiger partial charge < -0.3 is 9.80 Å². The monoisotopic (exact) mass is 350 g/mol. The SMILES string of the molecule is C=C/C(=C\C=C(C)C)CCN1c2ccc(C)cc2C2CN(C)CCC[C@@H]21. The van der Waals surface area contributed by atoms with Crippen molar-refractivity contribution in [2.24, 2.45) is 0 Å². The van der Waals surface area contributed by atoms with E-state index in [-0.39, 0.29) is 0 Å². The van der Waals surface area contributed by atoms with Crippen molar-refractivity contribution in [2.75, 3.05) is 31.6 Å². The van der Waals surface area contributed by atoms with Crippen LogP contribution in [0.25, 0.3) is 0 Å². The molecule has 0 aromatic heterocycles. The van der Waals surface area contributed by atoms with E-state index < -0.39 is 0 Å². The molecule has 0 N–H and O–H groups in total. The van der Waals surface area contributed by atoms with Crippen LogP contribution in [0.3, 0.4) is 0 Å². The Balaban J connectivity index is 1.85. The fourth-order valence-electron chi connectivity index (χ4n) is 4.47. The van der Waals surface area contributed by atoms with E-state index in [1.54, 1.807) is 5.56 Å². The fourth-order valence-corrected chi connectivity index (χ4v) is 4.47. The number of hydrogen-bond donors (Lipinski definition) is 0. The minimum atomic E-state index is 0.645. The van der Waals surface area contributed by atoms with Crippen LogP contribution in [0.1, 0.15) is 50.2 Å². The van der Waals surface area contributed by atoms with E-state index in [4.69, 9.17) is 0 Å². The molecule has 1 aromatic carbocycles. The zero-order valence-corrected chi connectivity index (χ0v) is 17.0. The summed E-state index contributed by atoms with van der Waals surface area (Å²) in [5, 5.41) is 0. The van der Waals surface area contributed by atoms with Crippen LogP contribution in [-0.2, 0) is 0 Å². The maximum atomic E-state index is 4.02. The van der Waals surface area contributed by atoms with Gasteiger partial charge in [-0.1, -0.05) is 48.1 Å². The van der Waals surface area contributed by atoms with Crippen molar-refractivity contribution < 1.29 is 0 Å². The van der Waals surface area contributed by atoms with Gasteiger partial charge in [-0.15, -0.1) is 0 Å². The summed E-state index contributed by atoms with van der Waals surface area (Å²) >= 11 is 0. The highest BCUT2D eigenvalue weighted by molar-refractivity contribution is 5.63. The van der Waals surface area contributed by atoms with Gasteiger partial charge in [0.15, 0.2) is 0 Å². The van der Waals surface area contributed by atoms with Crippen molar-refractivity contribution in [3.05, 3.63) is 65.3 Å². The Hall–Kier alpha value is -1.80. The number of aryl methyl sites for hydroxylation is 1. The molecule has 26 heavy (non-hydrogen) atoms. The molecule has 2 heteroatoms. The van der Waals surface area contributed by atoms with Crippen LogP contribution in [0, 0.1) is 6.92 Å². The summed E-state index contributed by atoms with van der Waals surface area (Å²) in [7, 11) is 2.28. The van der Waals surface area contributed by atoms with E-state index in [1.165, 1.54) is 48.3 Å². The number of rotatable bonds is 5. The van der Waals surface area contributed by atoms with E-state index in [1.807, 2.05) is 6.08 Å². The highest BCUT2D eigenvalue weighted by Gasteiger charge is 2.39. The topological polar surface area (TPSA) is 6.48 Å². The number of likely N-dealkylation sites (N-methyl/N-ethyl adjacent to an activating group) is 1. The van der Waals surface area contributed by atoms with Crippen molar-refractivity contribution in [3.63, 3.8) is 0 Å². The molecule has 3 rings (SSSR count). The number of anilines is 1. The lowest BCUT2D eigenvalue weighted by molar-refractivity contribution is 0.330. The molecule has 1 fully saturated rings. The summed E-state index contributed by atoms with van der Waals surface area (Å²) in [4.78, 5) is 5.21. The average molecular weight is 351 g/mol. The molecule has 2 heterocycles. The molecule has 1 aromatic rings. The van der Waals surface area contributed by atoms with Gasteiger partial charge in [-0.3, -0.25) is 0 Å². The molecular weight excluding hydrogens is 316 g/mol. The first-order chi connectivity index (χ1) is 12.5. The number of hydrogen-bond acceptors (Lipinski definition) is 2. The van der Waals surface area contributed by atoms with E-state index in [0.717, 1.165) is 13.0 Å². The first-order valence-corrected chi connectivity index (χ1v) is 10.0. The smallest absolute Gasteiger partial charge is 0.0405 e. The molecule has 0 bridgehead atoms. The summed E-state index contributed by atoms with van der Waals surface area (Å²) in [5.74, 6) is 0.645. The summed E-state index contributed by atoms with van der Waals surface area (Å²) in [6.45, 7) is 14.0. The van der Waals surface area contributed by atoms with E-state index in [0.29, 0.717) is 12.0 Å². The molecule has 2 nitrogen and oxygen atoms in total. The first-order valence-electron chi connectivity index (χ1n) is 10.0. The maximum Gasteiger partial charge on any atom is 0.0405 e. The normalized spacial score (nSPS) is 23.2. The van der Waals surface area contributed by atoms with Crippen molar-refractivity contribution in [1.82, 2.24) is 4.90 Å². The quantitative estimate of drug-likeness (QED) is 0.651. The molecule has 1 saturated heterocycles. The van der Waals surface area contributed by atoms with E-state index in [9.17, 15) is 0 Å². The van der Waals surface area contributed by atoms with Crippen molar-refractivity contribution >= 4 is 5.69 Å². The van der Waals surface area contributed by atoms with E-state index in [2.05, 4.69) is 74.5 Å². The van der Waals surface area contributed by atoms with E-state index >= 15 is 0 Å². The van der Waals surface area contributed by atoms with Crippen LogP contribution in [0.15, 0.2) is 54.2 Å². The highest BCUT2D eigenvalue weighted by atomic mass is 15.2. The third-order valence-corrected chi connectivity index (χ3v) is 5.84. The predicted molar refractivity (Wildman–Crippen MR) is 114 cm³/mol. The standard InChI is InChI=1S/C24H34N2/c1-6-20(11-9-18(2)3)13-15-26-23-8-7-14-25(5)17-22(23)21-16-19(4)10-12-24(21)26/h6,9-12,16,22-23H,1,7-8,13-15,17H2,2-5H3/b20-11+/t22?,23-/m0/s1. The summed E-state index contributed by atoms with van der Waals surface area (Å²) in [5.41, 5.74) is 7.07. The highest BCUT2D eigenvalue weighted by Crippen LogP contribution is 2.44. The Bertz CT molecular complexity index is 709.